The summed E-state index contributed by atoms with van der Waals surface area (Å²) in [5.41, 5.74) is 1.52. The van der Waals surface area contributed by atoms with E-state index in [-0.39, 0.29) is 0 Å². The minimum atomic E-state index is 0.768. The zero-order valence-corrected chi connectivity index (χ0v) is 9.07. The van der Waals surface area contributed by atoms with Crippen LogP contribution >= 0.6 is 0 Å². The molecule has 0 bridgehead atoms. The van der Waals surface area contributed by atoms with Crippen molar-refractivity contribution in [3.05, 3.63) is 11.6 Å². The molecule has 0 aromatic carbocycles. The zero-order chi connectivity index (χ0) is 9.28. The molecule has 0 spiro atoms. The third-order valence-electron chi connectivity index (χ3n) is 1.77. The average molecular weight is 156 g/mol. The first kappa shape index (κ1) is 13.3. The van der Waals surface area contributed by atoms with Crippen LogP contribution in [0, 0.1) is 5.92 Å². The van der Waals surface area contributed by atoms with Gasteiger partial charge in [-0.15, -0.1) is 0 Å². The third-order valence-corrected chi connectivity index (χ3v) is 1.77. The molecule has 0 heterocycles. The molecule has 68 valence electrons. The molecule has 0 aromatic rings. The molecule has 1 atom stereocenters. The minimum absolute atomic E-state index is 0.768. The van der Waals surface area contributed by atoms with Gasteiger partial charge in [-0.25, -0.2) is 0 Å². The van der Waals surface area contributed by atoms with Gasteiger partial charge in [0, 0.05) is 0 Å². The predicted molar refractivity (Wildman–Crippen MR) is 54.9 cm³/mol. The normalized spacial score (nSPS) is 13.5. The van der Waals surface area contributed by atoms with Crippen LogP contribution in [-0.2, 0) is 0 Å². The van der Waals surface area contributed by atoms with E-state index in [1.807, 2.05) is 13.8 Å². The van der Waals surface area contributed by atoms with E-state index in [4.69, 9.17) is 0 Å². The summed E-state index contributed by atoms with van der Waals surface area (Å²) in [6.45, 7) is 12.9. The quantitative estimate of drug-likeness (QED) is 0.531. The molecule has 0 nitrogen and oxygen atoms in total. The number of allylic oxidation sites excluding steroid dienone is 2. The highest BCUT2D eigenvalue weighted by Crippen LogP contribution is 2.08. The molecule has 0 N–H and O–H groups in total. The summed E-state index contributed by atoms with van der Waals surface area (Å²) in [6.07, 6.45) is 4.82. The first-order chi connectivity index (χ1) is 5.20. The van der Waals surface area contributed by atoms with Crippen molar-refractivity contribution in [3.63, 3.8) is 0 Å². The molecular formula is C11H24. The SMILES string of the molecule is CC.CC/C(C)=C\C(C)CC. The van der Waals surface area contributed by atoms with E-state index in [9.17, 15) is 0 Å². The van der Waals surface area contributed by atoms with Gasteiger partial charge in [0.1, 0.15) is 0 Å². The summed E-state index contributed by atoms with van der Waals surface area (Å²) in [7, 11) is 0. The lowest BCUT2D eigenvalue weighted by molar-refractivity contribution is 0.689. The zero-order valence-electron chi connectivity index (χ0n) is 9.07. The van der Waals surface area contributed by atoms with E-state index in [0.29, 0.717) is 0 Å². The highest BCUT2D eigenvalue weighted by molar-refractivity contribution is 4.98. The molecule has 0 aromatic heterocycles. The molecule has 0 heteroatoms. The van der Waals surface area contributed by atoms with Gasteiger partial charge in [0.25, 0.3) is 0 Å². The van der Waals surface area contributed by atoms with Crippen LogP contribution in [0.15, 0.2) is 11.6 Å². The lowest BCUT2D eigenvalue weighted by Crippen LogP contribution is -1.86. The second kappa shape index (κ2) is 9.74. The Morgan fingerprint density at radius 1 is 1.27 bits per heavy atom. The van der Waals surface area contributed by atoms with Crippen LogP contribution in [0.3, 0.4) is 0 Å². The van der Waals surface area contributed by atoms with Crippen molar-refractivity contribution in [1.29, 1.82) is 0 Å². The van der Waals surface area contributed by atoms with Gasteiger partial charge in [-0.3, -0.25) is 0 Å². The van der Waals surface area contributed by atoms with Crippen molar-refractivity contribution in [2.24, 2.45) is 5.92 Å². The van der Waals surface area contributed by atoms with Gasteiger partial charge in [-0.05, 0) is 19.3 Å². The summed E-state index contributed by atoms with van der Waals surface area (Å²) < 4.78 is 0. The smallest absolute Gasteiger partial charge is 0.0262 e. The molecular weight excluding hydrogens is 132 g/mol. The fourth-order valence-corrected chi connectivity index (χ4v) is 0.721. The van der Waals surface area contributed by atoms with Gasteiger partial charge in [0.15, 0.2) is 0 Å². The Bertz CT molecular complexity index is 90.2. The minimum Gasteiger partial charge on any atom is -0.0828 e. The van der Waals surface area contributed by atoms with Gasteiger partial charge in [0.05, 0.1) is 0 Å². The van der Waals surface area contributed by atoms with Gasteiger partial charge >= 0.3 is 0 Å². The molecule has 0 saturated heterocycles. The fraction of sp³-hybridized carbons (Fsp3) is 0.818. The lowest BCUT2D eigenvalue weighted by Gasteiger charge is -2.01. The van der Waals surface area contributed by atoms with Crippen LogP contribution in [0.4, 0.5) is 0 Å². The predicted octanol–water partition coefficient (Wildman–Crippen LogP) is 4.42. The van der Waals surface area contributed by atoms with Crippen LogP contribution in [0.5, 0.6) is 0 Å². The van der Waals surface area contributed by atoms with Crippen molar-refractivity contribution in [1.82, 2.24) is 0 Å². The number of hydrogen-bond acceptors (Lipinski definition) is 0. The third kappa shape index (κ3) is 9.74. The molecule has 0 fully saturated rings. The summed E-state index contributed by atoms with van der Waals surface area (Å²) in [6, 6.07) is 0. The molecule has 0 amide bonds. The van der Waals surface area contributed by atoms with Crippen molar-refractivity contribution in [2.75, 3.05) is 0 Å². The van der Waals surface area contributed by atoms with Crippen LogP contribution in [-0.4, -0.2) is 0 Å². The van der Waals surface area contributed by atoms with E-state index in [1.165, 1.54) is 18.4 Å². The van der Waals surface area contributed by atoms with Gasteiger partial charge < -0.3 is 0 Å². The highest BCUT2D eigenvalue weighted by atomic mass is 14.0. The van der Waals surface area contributed by atoms with Crippen LogP contribution < -0.4 is 0 Å². The lowest BCUT2D eigenvalue weighted by atomic mass is 10.0. The first-order valence-electron chi connectivity index (χ1n) is 4.88. The maximum atomic E-state index is 2.36. The van der Waals surface area contributed by atoms with E-state index < -0.39 is 0 Å². The Morgan fingerprint density at radius 3 is 2.00 bits per heavy atom. The van der Waals surface area contributed by atoms with Crippen LogP contribution in [0.2, 0.25) is 0 Å². The van der Waals surface area contributed by atoms with Crippen molar-refractivity contribution >= 4 is 0 Å². The Balaban J connectivity index is 0. The first-order valence-corrected chi connectivity index (χ1v) is 4.88. The topological polar surface area (TPSA) is 0 Å². The van der Waals surface area contributed by atoms with Gasteiger partial charge in [-0.1, -0.05) is 52.7 Å². The summed E-state index contributed by atoms with van der Waals surface area (Å²) >= 11 is 0. The molecule has 0 rings (SSSR count). The summed E-state index contributed by atoms with van der Waals surface area (Å²) in [4.78, 5) is 0. The number of hydrogen-bond donors (Lipinski definition) is 0. The Kier molecular flexibility index (Phi) is 11.8. The molecule has 11 heavy (non-hydrogen) atoms. The fourth-order valence-electron chi connectivity index (χ4n) is 0.721. The van der Waals surface area contributed by atoms with E-state index in [0.717, 1.165) is 5.92 Å². The molecule has 0 aliphatic carbocycles. The van der Waals surface area contributed by atoms with Crippen molar-refractivity contribution in [3.8, 4) is 0 Å². The Labute approximate surface area is 72.7 Å². The van der Waals surface area contributed by atoms with E-state index in [2.05, 4.69) is 33.8 Å². The monoisotopic (exact) mass is 156 g/mol. The van der Waals surface area contributed by atoms with Crippen LogP contribution in [0.25, 0.3) is 0 Å². The van der Waals surface area contributed by atoms with Gasteiger partial charge in [0.2, 0.25) is 0 Å². The maximum Gasteiger partial charge on any atom is -0.0262 e. The Morgan fingerprint density at radius 2 is 1.73 bits per heavy atom. The standard InChI is InChI=1S/C9H18.C2H6/c1-5-8(3)7-9(4)6-2;1-2/h7-8H,5-6H2,1-4H3;1-2H3/b9-7-;. The second-order valence-electron chi connectivity index (χ2n) is 2.75. The highest BCUT2D eigenvalue weighted by Gasteiger charge is 1.91. The van der Waals surface area contributed by atoms with Crippen molar-refractivity contribution < 1.29 is 0 Å². The van der Waals surface area contributed by atoms with Crippen molar-refractivity contribution in [2.45, 2.75) is 54.4 Å². The molecule has 0 aliphatic heterocycles. The Hall–Kier alpha value is -0.260. The molecule has 0 aliphatic rings. The van der Waals surface area contributed by atoms with E-state index >= 15 is 0 Å². The van der Waals surface area contributed by atoms with Gasteiger partial charge in [-0.2, -0.15) is 0 Å². The molecule has 0 saturated carbocycles. The summed E-state index contributed by atoms with van der Waals surface area (Å²) in [5, 5.41) is 0. The average Bonchev–Trinajstić information content (AvgIpc) is 2.07. The summed E-state index contributed by atoms with van der Waals surface area (Å²) in [5.74, 6) is 0.768. The molecule has 1 unspecified atom stereocenters. The largest absolute Gasteiger partial charge is 0.0828 e. The second-order valence-corrected chi connectivity index (χ2v) is 2.75. The molecule has 0 radical (unpaired) electrons. The number of rotatable bonds is 3. The van der Waals surface area contributed by atoms with Crippen LogP contribution in [0.1, 0.15) is 54.4 Å². The van der Waals surface area contributed by atoms with E-state index in [1.54, 1.807) is 0 Å². The maximum absolute atomic E-state index is 2.36.